The molecule has 0 fully saturated rings. The van der Waals surface area contributed by atoms with Crippen molar-refractivity contribution in [3.05, 3.63) is 32.5 Å². The summed E-state index contributed by atoms with van der Waals surface area (Å²) in [5, 5.41) is 7.53. The molecule has 1 atom stereocenters. The van der Waals surface area contributed by atoms with Crippen LogP contribution in [0.5, 0.6) is 0 Å². The second-order valence-electron chi connectivity index (χ2n) is 5.15. The molecule has 0 aromatic carbocycles. The standard InChI is InChI=1S/C14H16N2OS2/c1-8-3-4-10-11(7-18-12(10)5-8)13(17)16-14-15-9(2)6-19-14/h6-8H,3-5H2,1-2H3,(H,15,16,17). The second-order valence-corrected chi connectivity index (χ2v) is 6.97. The number of thiazole rings is 1. The number of amides is 1. The van der Waals surface area contributed by atoms with E-state index < -0.39 is 0 Å². The van der Waals surface area contributed by atoms with E-state index in [1.807, 2.05) is 17.7 Å². The number of aromatic nitrogens is 1. The highest BCUT2D eigenvalue weighted by Gasteiger charge is 2.23. The van der Waals surface area contributed by atoms with Gasteiger partial charge in [-0.05, 0) is 37.7 Å². The fourth-order valence-electron chi connectivity index (χ4n) is 2.44. The third-order valence-corrected chi connectivity index (χ3v) is 5.41. The molecule has 2 heterocycles. The van der Waals surface area contributed by atoms with Gasteiger partial charge in [0.1, 0.15) is 0 Å². The van der Waals surface area contributed by atoms with Crippen LogP contribution in [0.1, 0.15) is 39.8 Å². The lowest BCUT2D eigenvalue weighted by atomic mass is 9.88. The Morgan fingerprint density at radius 2 is 2.26 bits per heavy atom. The first kappa shape index (κ1) is 12.8. The Labute approximate surface area is 120 Å². The van der Waals surface area contributed by atoms with Crippen LogP contribution in [0.25, 0.3) is 0 Å². The van der Waals surface area contributed by atoms with Crippen LogP contribution < -0.4 is 5.32 Å². The number of carbonyl (C=O) groups is 1. The molecule has 0 bridgehead atoms. The van der Waals surface area contributed by atoms with Crippen molar-refractivity contribution in [3.63, 3.8) is 0 Å². The highest BCUT2D eigenvalue weighted by molar-refractivity contribution is 7.14. The summed E-state index contributed by atoms with van der Waals surface area (Å²) < 4.78 is 0. The summed E-state index contributed by atoms with van der Waals surface area (Å²) >= 11 is 3.20. The summed E-state index contributed by atoms with van der Waals surface area (Å²) in [6, 6.07) is 0. The molecule has 100 valence electrons. The number of anilines is 1. The van der Waals surface area contributed by atoms with Gasteiger partial charge in [-0.25, -0.2) is 4.98 Å². The summed E-state index contributed by atoms with van der Waals surface area (Å²) in [4.78, 5) is 18.0. The van der Waals surface area contributed by atoms with Crippen LogP contribution in [-0.2, 0) is 12.8 Å². The second kappa shape index (κ2) is 5.06. The van der Waals surface area contributed by atoms with Gasteiger partial charge in [-0.3, -0.25) is 10.1 Å². The molecule has 2 aromatic rings. The molecule has 2 aromatic heterocycles. The molecule has 1 aliphatic rings. The maximum Gasteiger partial charge on any atom is 0.258 e. The number of nitrogens with zero attached hydrogens (tertiary/aromatic N) is 1. The maximum atomic E-state index is 12.3. The van der Waals surface area contributed by atoms with Crippen LogP contribution in [0.3, 0.4) is 0 Å². The minimum atomic E-state index is -0.0126. The van der Waals surface area contributed by atoms with Gasteiger partial charge in [0.25, 0.3) is 5.91 Å². The Morgan fingerprint density at radius 3 is 3.00 bits per heavy atom. The molecule has 5 heteroatoms. The SMILES string of the molecule is Cc1csc(NC(=O)c2csc3c2CCC(C)C3)n1. The molecule has 1 unspecified atom stereocenters. The predicted molar refractivity (Wildman–Crippen MR) is 80.3 cm³/mol. The number of fused-ring (bicyclic) bond motifs is 1. The van der Waals surface area contributed by atoms with E-state index in [4.69, 9.17) is 0 Å². The van der Waals surface area contributed by atoms with Crippen molar-refractivity contribution in [2.45, 2.75) is 33.1 Å². The molecule has 0 spiro atoms. The van der Waals surface area contributed by atoms with Crippen molar-refractivity contribution in [2.24, 2.45) is 5.92 Å². The Balaban J connectivity index is 1.81. The molecular formula is C14H16N2OS2. The Hall–Kier alpha value is -1.20. The summed E-state index contributed by atoms with van der Waals surface area (Å²) in [5.74, 6) is 0.727. The van der Waals surface area contributed by atoms with E-state index in [1.165, 1.54) is 28.2 Å². The smallest absolute Gasteiger partial charge is 0.258 e. The molecule has 0 saturated heterocycles. The summed E-state index contributed by atoms with van der Waals surface area (Å²) in [6.45, 7) is 4.21. The van der Waals surface area contributed by atoms with Gasteiger partial charge in [-0.2, -0.15) is 0 Å². The molecule has 3 rings (SSSR count). The molecule has 0 radical (unpaired) electrons. The largest absolute Gasteiger partial charge is 0.298 e. The molecule has 0 saturated carbocycles. The van der Waals surface area contributed by atoms with Gasteiger partial charge in [-0.1, -0.05) is 6.92 Å². The first-order valence-corrected chi connectivity index (χ1v) is 8.22. The van der Waals surface area contributed by atoms with Gasteiger partial charge in [0.2, 0.25) is 0 Å². The molecule has 3 nitrogen and oxygen atoms in total. The maximum absolute atomic E-state index is 12.3. The van der Waals surface area contributed by atoms with Crippen molar-refractivity contribution in [1.29, 1.82) is 0 Å². The third kappa shape index (κ3) is 2.58. The normalized spacial score (nSPS) is 18.1. The Bertz CT molecular complexity index is 615. The molecule has 1 amide bonds. The first-order valence-electron chi connectivity index (χ1n) is 6.46. The van der Waals surface area contributed by atoms with Gasteiger partial charge in [0, 0.05) is 15.6 Å². The molecule has 19 heavy (non-hydrogen) atoms. The quantitative estimate of drug-likeness (QED) is 0.912. The van der Waals surface area contributed by atoms with E-state index in [-0.39, 0.29) is 5.91 Å². The average molecular weight is 292 g/mol. The number of hydrogen-bond acceptors (Lipinski definition) is 4. The lowest BCUT2D eigenvalue weighted by molar-refractivity contribution is 0.102. The lowest BCUT2D eigenvalue weighted by Gasteiger charge is -2.18. The van der Waals surface area contributed by atoms with E-state index in [1.54, 1.807) is 11.3 Å². The van der Waals surface area contributed by atoms with Crippen LogP contribution in [0, 0.1) is 12.8 Å². The summed E-state index contributed by atoms with van der Waals surface area (Å²) in [6.07, 6.45) is 3.32. The van der Waals surface area contributed by atoms with E-state index in [9.17, 15) is 4.79 Å². The van der Waals surface area contributed by atoms with Gasteiger partial charge in [0.05, 0.1) is 11.3 Å². The fourth-order valence-corrected chi connectivity index (χ4v) is 4.37. The highest BCUT2D eigenvalue weighted by Crippen LogP contribution is 2.33. The van der Waals surface area contributed by atoms with E-state index >= 15 is 0 Å². The topological polar surface area (TPSA) is 42.0 Å². The number of hydrogen-bond donors (Lipinski definition) is 1. The summed E-state index contributed by atoms with van der Waals surface area (Å²) in [7, 11) is 0. The van der Waals surface area contributed by atoms with Gasteiger partial charge in [0.15, 0.2) is 5.13 Å². The van der Waals surface area contributed by atoms with Crippen LogP contribution in [0.15, 0.2) is 10.8 Å². The van der Waals surface area contributed by atoms with Crippen molar-refractivity contribution >= 4 is 33.7 Å². The zero-order chi connectivity index (χ0) is 13.4. The monoisotopic (exact) mass is 292 g/mol. The third-order valence-electron chi connectivity index (χ3n) is 3.49. The number of carbonyl (C=O) groups excluding carboxylic acids is 1. The van der Waals surface area contributed by atoms with Crippen LogP contribution in [0.4, 0.5) is 5.13 Å². The average Bonchev–Trinajstić information content (AvgIpc) is 2.95. The van der Waals surface area contributed by atoms with E-state index in [0.29, 0.717) is 5.13 Å². The Kier molecular flexibility index (Phi) is 3.41. The van der Waals surface area contributed by atoms with Crippen LogP contribution >= 0.6 is 22.7 Å². The number of aryl methyl sites for hydroxylation is 1. The molecule has 1 aliphatic carbocycles. The fraction of sp³-hybridized carbons (Fsp3) is 0.429. The van der Waals surface area contributed by atoms with Crippen molar-refractivity contribution < 1.29 is 4.79 Å². The van der Waals surface area contributed by atoms with Gasteiger partial charge >= 0.3 is 0 Å². The van der Waals surface area contributed by atoms with Crippen molar-refractivity contribution in [2.75, 3.05) is 5.32 Å². The molecular weight excluding hydrogens is 276 g/mol. The zero-order valence-corrected chi connectivity index (χ0v) is 12.7. The number of thiophene rings is 1. The van der Waals surface area contributed by atoms with Crippen molar-refractivity contribution in [3.8, 4) is 0 Å². The number of nitrogens with one attached hydrogen (secondary N) is 1. The summed E-state index contributed by atoms with van der Waals surface area (Å²) in [5.41, 5.74) is 3.05. The predicted octanol–water partition coefficient (Wildman–Crippen LogP) is 3.89. The van der Waals surface area contributed by atoms with Crippen molar-refractivity contribution in [1.82, 2.24) is 4.98 Å². The first-order chi connectivity index (χ1) is 9.13. The Morgan fingerprint density at radius 1 is 1.42 bits per heavy atom. The van der Waals surface area contributed by atoms with Gasteiger partial charge in [-0.15, -0.1) is 22.7 Å². The minimum absolute atomic E-state index is 0.0126. The lowest BCUT2D eigenvalue weighted by Crippen LogP contribution is -2.16. The molecule has 0 aliphatic heterocycles. The van der Waals surface area contributed by atoms with E-state index in [0.717, 1.165) is 30.0 Å². The van der Waals surface area contributed by atoms with E-state index in [2.05, 4.69) is 17.2 Å². The zero-order valence-electron chi connectivity index (χ0n) is 11.0. The minimum Gasteiger partial charge on any atom is -0.298 e. The van der Waals surface area contributed by atoms with Gasteiger partial charge < -0.3 is 0 Å². The van der Waals surface area contributed by atoms with Crippen LogP contribution in [0.2, 0.25) is 0 Å². The van der Waals surface area contributed by atoms with Crippen LogP contribution in [-0.4, -0.2) is 10.9 Å². The number of rotatable bonds is 2. The molecule has 1 N–H and O–H groups in total. The highest BCUT2D eigenvalue weighted by atomic mass is 32.1.